The largest absolute Gasteiger partial charge is 0.338 e. The van der Waals surface area contributed by atoms with Crippen LogP contribution in [0.25, 0.3) is 0 Å². The van der Waals surface area contributed by atoms with Gasteiger partial charge in [-0.05, 0) is 50.2 Å². The van der Waals surface area contributed by atoms with Crippen LogP contribution >= 0.6 is 11.3 Å². The Bertz CT molecular complexity index is 665. The van der Waals surface area contributed by atoms with Crippen LogP contribution in [0.1, 0.15) is 45.8 Å². The average Bonchev–Trinajstić information content (AvgIpc) is 2.96. The van der Waals surface area contributed by atoms with Crippen LogP contribution < -0.4 is 0 Å². The molecule has 0 radical (unpaired) electrons. The molecular weight excluding hydrogens is 332 g/mol. The number of nitrogens with zero attached hydrogens (tertiary/aromatic N) is 2. The van der Waals surface area contributed by atoms with Crippen molar-refractivity contribution in [1.82, 2.24) is 9.21 Å². The Kier molecular flexibility index (Phi) is 4.80. The molecule has 1 amide bonds. The van der Waals surface area contributed by atoms with Crippen molar-refractivity contribution in [2.75, 3.05) is 26.4 Å². The molecule has 0 N–H and O–H groups in total. The van der Waals surface area contributed by atoms with Crippen LogP contribution in [-0.2, 0) is 22.9 Å². The number of rotatable bonds is 3. The standard InChI is InChI=1S/C16H24N2O3S2/c1-17(23(2,20)21)13-7-9-18(10-8-13)16(19)15-11-12-5-3-4-6-14(12)22-15/h11,13H,3-10H2,1-2H3. The second-order valence-corrected chi connectivity index (χ2v) is 9.75. The highest BCUT2D eigenvalue weighted by Crippen LogP contribution is 2.31. The molecule has 23 heavy (non-hydrogen) atoms. The Hall–Kier alpha value is -0.920. The topological polar surface area (TPSA) is 57.7 Å². The van der Waals surface area contributed by atoms with Gasteiger partial charge in [0.2, 0.25) is 10.0 Å². The van der Waals surface area contributed by atoms with Gasteiger partial charge >= 0.3 is 0 Å². The fourth-order valence-electron chi connectivity index (χ4n) is 3.46. The van der Waals surface area contributed by atoms with Crippen molar-refractivity contribution in [3.05, 3.63) is 21.4 Å². The normalized spacial score (nSPS) is 19.9. The summed E-state index contributed by atoms with van der Waals surface area (Å²) in [5.74, 6) is 0.116. The number of hydrogen-bond acceptors (Lipinski definition) is 4. The predicted octanol–water partition coefficient (Wildman–Crippen LogP) is 2.12. The number of amides is 1. The van der Waals surface area contributed by atoms with Gasteiger partial charge < -0.3 is 4.90 Å². The lowest BCUT2D eigenvalue weighted by molar-refractivity contribution is 0.0691. The van der Waals surface area contributed by atoms with Gasteiger partial charge in [0, 0.05) is 31.1 Å². The zero-order valence-electron chi connectivity index (χ0n) is 13.7. The van der Waals surface area contributed by atoms with Crippen LogP contribution in [0.2, 0.25) is 0 Å². The molecule has 0 saturated carbocycles. The first-order valence-electron chi connectivity index (χ1n) is 8.20. The summed E-state index contributed by atoms with van der Waals surface area (Å²) in [5, 5.41) is 0. The third kappa shape index (κ3) is 3.61. The van der Waals surface area contributed by atoms with E-state index in [0.29, 0.717) is 25.9 Å². The minimum absolute atomic E-state index is 0.00518. The third-order valence-electron chi connectivity index (χ3n) is 5.00. The summed E-state index contributed by atoms with van der Waals surface area (Å²) in [6.07, 6.45) is 7.31. The van der Waals surface area contributed by atoms with Gasteiger partial charge in [0.1, 0.15) is 0 Å². The molecule has 1 aliphatic heterocycles. The van der Waals surface area contributed by atoms with E-state index < -0.39 is 10.0 Å². The molecule has 1 aromatic rings. The van der Waals surface area contributed by atoms with E-state index >= 15 is 0 Å². The van der Waals surface area contributed by atoms with Crippen molar-refractivity contribution in [2.45, 2.75) is 44.6 Å². The molecule has 0 aromatic carbocycles. The molecule has 1 aromatic heterocycles. The molecular formula is C16H24N2O3S2. The molecule has 2 heterocycles. The van der Waals surface area contributed by atoms with E-state index in [-0.39, 0.29) is 11.9 Å². The number of fused-ring (bicyclic) bond motifs is 1. The number of carbonyl (C=O) groups is 1. The molecule has 5 nitrogen and oxygen atoms in total. The summed E-state index contributed by atoms with van der Waals surface area (Å²) in [6, 6.07) is 2.08. The first-order chi connectivity index (χ1) is 10.9. The Morgan fingerprint density at radius 1 is 1.26 bits per heavy atom. The van der Waals surface area contributed by atoms with E-state index in [9.17, 15) is 13.2 Å². The first-order valence-corrected chi connectivity index (χ1v) is 10.9. The Labute approximate surface area is 142 Å². The second-order valence-electron chi connectivity index (χ2n) is 6.57. The highest BCUT2D eigenvalue weighted by Gasteiger charge is 2.30. The summed E-state index contributed by atoms with van der Waals surface area (Å²) in [4.78, 5) is 16.8. The van der Waals surface area contributed by atoms with Crippen LogP contribution in [0.3, 0.4) is 0 Å². The van der Waals surface area contributed by atoms with Crippen molar-refractivity contribution in [2.24, 2.45) is 0 Å². The van der Waals surface area contributed by atoms with E-state index in [0.717, 1.165) is 17.7 Å². The summed E-state index contributed by atoms with van der Waals surface area (Å²) < 4.78 is 24.7. The predicted molar refractivity (Wildman–Crippen MR) is 92.5 cm³/mol. The molecule has 0 atom stereocenters. The van der Waals surface area contributed by atoms with E-state index in [2.05, 4.69) is 6.07 Å². The van der Waals surface area contributed by atoms with Gasteiger partial charge in [-0.25, -0.2) is 12.7 Å². The number of thiophene rings is 1. The summed E-state index contributed by atoms with van der Waals surface area (Å²) in [5.41, 5.74) is 1.36. The lowest BCUT2D eigenvalue weighted by Gasteiger charge is -2.35. The fourth-order valence-corrected chi connectivity index (χ4v) is 5.43. The van der Waals surface area contributed by atoms with E-state index in [1.807, 2.05) is 4.90 Å². The highest BCUT2D eigenvalue weighted by atomic mass is 32.2. The lowest BCUT2D eigenvalue weighted by atomic mass is 9.99. The minimum Gasteiger partial charge on any atom is -0.338 e. The number of aryl methyl sites for hydroxylation is 2. The third-order valence-corrected chi connectivity index (χ3v) is 7.57. The summed E-state index contributed by atoms with van der Waals surface area (Å²) in [6.45, 7) is 1.26. The Balaban J connectivity index is 1.63. The molecule has 128 valence electrons. The molecule has 2 aliphatic rings. The molecule has 0 unspecified atom stereocenters. The molecule has 0 bridgehead atoms. The maximum absolute atomic E-state index is 12.7. The van der Waals surface area contributed by atoms with Crippen LogP contribution in [0.4, 0.5) is 0 Å². The van der Waals surface area contributed by atoms with Gasteiger partial charge in [-0.15, -0.1) is 11.3 Å². The molecule has 1 fully saturated rings. The van der Waals surface area contributed by atoms with Crippen molar-refractivity contribution in [3.63, 3.8) is 0 Å². The molecule has 1 saturated heterocycles. The maximum Gasteiger partial charge on any atom is 0.263 e. The molecule has 7 heteroatoms. The van der Waals surface area contributed by atoms with Gasteiger partial charge in [-0.1, -0.05) is 0 Å². The molecule has 1 aliphatic carbocycles. The first kappa shape index (κ1) is 16.9. The SMILES string of the molecule is CN(C1CCN(C(=O)c2cc3c(s2)CCCC3)CC1)S(C)(=O)=O. The number of sulfonamides is 1. The second kappa shape index (κ2) is 6.53. The maximum atomic E-state index is 12.7. The number of likely N-dealkylation sites (tertiary alicyclic amines) is 1. The van der Waals surface area contributed by atoms with Gasteiger partial charge in [0.25, 0.3) is 5.91 Å². The smallest absolute Gasteiger partial charge is 0.263 e. The number of piperidine rings is 1. The zero-order chi connectivity index (χ0) is 16.6. The van der Waals surface area contributed by atoms with Crippen LogP contribution in [0.5, 0.6) is 0 Å². The van der Waals surface area contributed by atoms with E-state index in [4.69, 9.17) is 0 Å². The van der Waals surface area contributed by atoms with Gasteiger partial charge in [-0.2, -0.15) is 0 Å². The van der Waals surface area contributed by atoms with Crippen molar-refractivity contribution in [1.29, 1.82) is 0 Å². The fraction of sp³-hybridized carbons (Fsp3) is 0.688. The molecule has 0 spiro atoms. The van der Waals surface area contributed by atoms with Crippen molar-refractivity contribution in [3.8, 4) is 0 Å². The highest BCUT2D eigenvalue weighted by molar-refractivity contribution is 7.88. The monoisotopic (exact) mass is 356 g/mol. The average molecular weight is 357 g/mol. The summed E-state index contributed by atoms with van der Waals surface area (Å²) in [7, 11) is -1.53. The van der Waals surface area contributed by atoms with E-state index in [1.54, 1.807) is 18.4 Å². The Morgan fingerprint density at radius 2 is 1.91 bits per heavy atom. The van der Waals surface area contributed by atoms with Crippen molar-refractivity contribution >= 4 is 27.3 Å². The van der Waals surface area contributed by atoms with Crippen molar-refractivity contribution < 1.29 is 13.2 Å². The van der Waals surface area contributed by atoms with Gasteiger partial charge in [0.15, 0.2) is 0 Å². The van der Waals surface area contributed by atoms with Gasteiger partial charge in [0.05, 0.1) is 11.1 Å². The Morgan fingerprint density at radius 3 is 2.52 bits per heavy atom. The van der Waals surface area contributed by atoms with Crippen LogP contribution in [0.15, 0.2) is 6.07 Å². The van der Waals surface area contributed by atoms with Crippen LogP contribution in [-0.4, -0.2) is 56.0 Å². The van der Waals surface area contributed by atoms with E-state index in [1.165, 1.54) is 33.8 Å². The minimum atomic E-state index is -3.16. The van der Waals surface area contributed by atoms with Gasteiger partial charge in [-0.3, -0.25) is 4.79 Å². The summed E-state index contributed by atoms with van der Waals surface area (Å²) >= 11 is 1.65. The number of carbonyl (C=O) groups excluding carboxylic acids is 1. The number of hydrogen-bond donors (Lipinski definition) is 0. The van der Waals surface area contributed by atoms with Crippen LogP contribution in [0, 0.1) is 0 Å². The lowest BCUT2D eigenvalue weighted by Crippen LogP contribution is -2.46. The molecule has 3 rings (SSSR count). The quantitative estimate of drug-likeness (QED) is 0.834. The zero-order valence-corrected chi connectivity index (χ0v) is 15.4.